The molecule has 1 aliphatic carbocycles. The molecule has 0 aromatic carbocycles. The Hall–Kier alpha value is -2.89. The molecule has 5 heterocycles. The van der Waals surface area contributed by atoms with Crippen LogP contribution in [0.2, 0.25) is 0 Å². The molecule has 0 bridgehead atoms. The van der Waals surface area contributed by atoms with E-state index in [1.165, 1.54) is 24.2 Å². The molecule has 1 amide bonds. The van der Waals surface area contributed by atoms with E-state index in [1.807, 2.05) is 0 Å². The SMILES string of the molecule is CN(C)C(=O)c1sc2cnc(Nc3ncc(N4CCN(C5CCNCC5)CC4)cn3)c(F)c2c1C1CCCC1. The van der Waals surface area contributed by atoms with Crippen molar-refractivity contribution in [2.45, 2.75) is 50.5 Å². The van der Waals surface area contributed by atoms with Gasteiger partial charge in [-0.15, -0.1) is 11.3 Å². The van der Waals surface area contributed by atoms with Crippen LogP contribution < -0.4 is 15.5 Å². The predicted molar refractivity (Wildman–Crippen MR) is 154 cm³/mol. The Morgan fingerprint density at radius 3 is 2.38 bits per heavy atom. The van der Waals surface area contributed by atoms with Gasteiger partial charge in [0.25, 0.3) is 5.91 Å². The fourth-order valence-electron chi connectivity index (χ4n) is 6.30. The first-order valence-electron chi connectivity index (χ1n) is 14.1. The topological polar surface area (TPSA) is 89.5 Å². The number of halogens is 1. The van der Waals surface area contributed by atoms with Crippen LogP contribution in [0.25, 0.3) is 10.1 Å². The second kappa shape index (κ2) is 11.3. The van der Waals surface area contributed by atoms with Crippen LogP contribution in [0.3, 0.4) is 0 Å². The van der Waals surface area contributed by atoms with E-state index < -0.39 is 5.82 Å². The number of pyridine rings is 1. The molecule has 3 aliphatic rings. The van der Waals surface area contributed by atoms with Crippen molar-refractivity contribution in [3.63, 3.8) is 0 Å². The Kier molecular flexibility index (Phi) is 7.64. The first-order chi connectivity index (χ1) is 19.0. The van der Waals surface area contributed by atoms with Gasteiger partial charge in [-0.25, -0.2) is 19.3 Å². The van der Waals surface area contributed by atoms with E-state index in [0.29, 0.717) is 27.0 Å². The quantitative estimate of drug-likeness (QED) is 0.470. The molecular formula is C28H37FN8OS. The molecule has 2 N–H and O–H groups in total. The van der Waals surface area contributed by atoms with Crippen LogP contribution in [0, 0.1) is 5.82 Å². The predicted octanol–water partition coefficient (Wildman–Crippen LogP) is 4.20. The van der Waals surface area contributed by atoms with Gasteiger partial charge in [0.1, 0.15) is 0 Å². The Labute approximate surface area is 232 Å². The molecule has 9 nitrogen and oxygen atoms in total. The van der Waals surface area contributed by atoms with Gasteiger partial charge in [0.05, 0.1) is 27.7 Å². The summed E-state index contributed by atoms with van der Waals surface area (Å²) in [6, 6.07) is 0.686. The molecule has 208 valence electrons. The zero-order valence-corrected chi connectivity index (χ0v) is 23.6. The maximum atomic E-state index is 16.0. The fraction of sp³-hybridized carbons (Fsp3) is 0.571. The number of rotatable bonds is 6. The van der Waals surface area contributed by atoms with E-state index >= 15 is 4.39 Å². The minimum absolute atomic E-state index is 0.0810. The van der Waals surface area contributed by atoms with Gasteiger partial charge in [-0.1, -0.05) is 12.8 Å². The molecule has 0 unspecified atom stereocenters. The van der Waals surface area contributed by atoms with Gasteiger partial charge in [-0.05, 0) is 50.3 Å². The van der Waals surface area contributed by atoms with Crippen molar-refractivity contribution in [3.05, 3.63) is 34.8 Å². The fourth-order valence-corrected chi connectivity index (χ4v) is 7.58. The standard InChI is InChI=1S/C28H37FN8OS/c1-35(2)27(38)25-22(18-5-3-4-6-18)23-21(39-25)17-31-26(24(23)29)34-28-32-15-20(16-33-28)37-13-11-36(12-14-37)19-7-9-30-10-8-19/h15-19,30H,3-14H2,1-2H3,(H,31,32,33,34). The van der Waals surface area contributed by atoms with Gasteiger partial charge in [0.2, 0.25) is 5.95 Å². The summed E-state index contributed by atoms with van der Waals surface area (Å²) in [6.45, 7) is 6.20. The zero-order chi connectivity index (χ0) is 26.9. The first-order valence-corrected chi connectivity index (χ1v) is 14.9. The lowest BCUT2D eigenvalue weighted by molar-refractivity contribution is 0.0831. The number of hydrogen-bond donors (Lipinski definition) is 2. The maximum Gasteiger partial charge on any atom is 0.263 e. The van der Waals surface area contributed by atoms with Crippen molar-refractivity contribution in [2.75, 3.05) is 63.6 Å². The number of carbonyl (C=O) groups excluding carboxylic acids is 1. The van der Waals surface area contributed by atoms with E-state index in [2.05, 4.69) is 35.4 Å². The average Bonchev–Trinajstić information content (AvgIpc) is 3.63. The van der Waals surface area contributed by atoms with Gasteiger partial charge < -0.3 is 20.4 Å². The Morgan fingerprint density at radius 1 is 1.03 bits per heavy atom. The van der Waals surface area contributed by atoms with Crippen molar-refractivity contribution >= 4 is 44.8 Å². The highest BCUT2D eigenvalue weighted by atomic mass is 32.1. The number of nitrogens with zero attached hydrogens (tertiary/aromatic N) is 6. The molecule has 11 heteroatoms. The van der Waals surface area contributed by atoms with Crippen LogP contribution in [0.1, 0.15) is 59.7 Å². The number of aromatic nitrogens is 3. The maximum absolute atomic E-state index is 16.0. The summed E-state index contributed by atoms with van der Waals surface area (Å²) in [7, 11) is 3.48. The van der Waals surface area contributed by atoms with Gasteiger partial charge in [-0.3, -0.25) is 9.69 Å². The van der Waals surface area contributed by atoms with E-state index in [0.717, 1.165) is 76.2 Å². The Bertz CT molecular complexity index is 1310. The lowest BCUT2D eigenvalue weighted by atomic mass is 9.94. The summed E-state index contributed by atoms with van der Waals surface area (Å²) < 4.78 is 16.7. The van der Waals surface area contributed by atoms with Crippen LogP contribution >= 0.6 is 11.3 Å². The number of carbonyl (C=O) groups is 1. The number of thiophene rings is 1. The molecular weight excluding hydrogens is 515 g/mol. The highest BCUT2D eigenvalue weighted by molar-refractivity contribution is 7.21. The van der Waals surface area contributed by atoms with Crippen LogP contribution in [-0.2, 0) is 0 Å². The molecule has 2 aliphatic heterocycles. The molecule has 0 spiro atoms. The molecule has 39 heavy (non-hydrogen) atoms. The highest BCUT2D eigenvalue weighted by Crippen LogP contribution is 2.45. The summed E-state index contributed by atoms with van der Waals surface area (Å²) in [5, 5.41) is 6.95. The number of piperidine rings is 1. The van der Waals surface area contributed by atoms with Crippen LogP contribution in [0.15, 0.2) is 18.6 Å². The van der Waals surface area contributed by atoms with Gasteiger partial charge in [0, 0.05) is 57.9 Å². The van der Waals surface area contributed by atoms with Crippen molar-refractivity contribution in [1.29, 1.82) is 0 Å². The number of piperazine rings is 1. The summed E-state index contributed by atoms with van der Waals surface area (Å²) in [6.07, 6.45) is 11.9. The second-order valence-electron chi connectivity index (χ2n) is 11.1. The monoisotopic (exact) mass is 552 g/mol. The number of hydrogen-bond acceptors (Lipinski definition) is 9. The summed E-state index contributed by atoms with van der Waals surface area (Å²) in [5.74, 6) is 0.0627. The van der Waals surface area contributed by atoms with Crippen LogP contribution in [-0.4, -0.2) is 90.1 Å². The van der Waals surface area contributed by atoms with E-state index in [4.69, 9.17) is 0 Å². The number of fused-ring (bicyclic) bond motifs is 1. The normalized spacial score (nSPS) is 19.6. The third kappa shape index (κ3) is 5.31. The smallest absolute Gasteiger partial charge is 0.263 e. The molecule has 3 aromatic rings. The zero-order valence-electron chi connectivity index (χ0n) is 22.7. The van der Waals surface area contributed by atoms with E-state index in [9.17, 15) is 4.79 Å². The number of amides is 1. The van der Waals surface area contributed by atoms with Gasteiger partial charge in [-0.2, -0.15) is 0 Å². The van der Waals surface area contributed by atoms with Gasteiger partial charge in [0.15, 0.2) is 11.6 Å². The number of nitrogens with one attached hydrogen (secondary N) is 2. The van der Waals surface area contributed by atoms with E-state index in [-0.39, 0.29) is 17.6 Å². The third-order valence-electron chi connectivity index (χ3n) is 8.45. The summed E-state index contributed by atoms with van der Waals surface area (Å²) >= 11 is 1.34. The molecule has 1 saturated carbocycles. The number of anilines is 3. The minimum atomic E-state index is -0.440. The average molecular weight is 553 g/mol. The van der Waals surface area contributed by atoms with Crippen molar-refractivity contribution < 1.29 is 9.18 Å². The lowest BCUT2D eigenvalue weighted by Gasteiger charge is -2.41. The second-order valence-corrected chi connectivity index (χ2v) is 12.1. The first kappa shape index (κ1) is 26.3. The highest BCUT2D eigenvalue weighted by Gasteiger charge is 2.31. The minimum Gasteiger partial charge on any atom is -0.366 e. The molecule has 3 fully saturated rings. The van der Waals surface area contributed by atoms with E-state index in [1.54, 1.807) is 37.6 Å². The molecule has 0 atom stereocenters. The molecule has 0 radical (unpaired) electrons. The molecule has 6 rings (SSSR count). The van der Waals surface area contributed by atoms with Crippen molar-refractivity contribution in [1.82, 2.24) is 30.1 Å². The summed E-state index contributed by atoms with van der Waals surface area (Å²) in [4.78, 5) is 33.4. The van der Waals surface area contributed by atoms with Crippen LogP contribution in [0.5, 0.6) is 0 Å². The van der Waals surface area contributed by atoms with Gasteiger partial charge >= 0.3 is 0 Å². The Balaban J connectivity index is 1.19. The largest absolute Gasteiger partial charge is 0.366 e. The Morgan fingerprint density at radius 2 is 1.72 bits per heavy atom. The third-order valence-corrected chi connectivity index (χ3v) is 9.58. The van der Waals surface area contributed by atoms with Crippen LogP contribution in [0.4, 0.5) is 21.8 Å². The lowest BCUT2D eigenvalue weighted by Crippen LogP contribution is -2.52. The van der Waals surface area contributed by atoms with Crippen molar-refractivity contribution in [3.8, 4) is 0 Å². The molecule has 2 saturated heterocycles. The summed E-state index contributed by atoms with van der Waals surface area (Å²) in [5.41, 5.74) is 1.82. The molecule has 3 aromatic heterocycles. The van der Waals surface area contributed by atoms with Crippen molar-refractivity contribution in [2.24, 2.45) is 0 Å².